The van der Waals surface area contributed by atoms with Gasteiger partial charge in [0.1, 0.15) is 0 Å². The molecule has 1 aromatic carbocycles. The molecule has 1 aliphatic heterocycles. The van der Waals surface area contributed by atoms with Gasteiger partial charge in [-0.05, 0) is 43.0 Å². The van der Waals surface area contributed by atoms with Gasteiger partial charge < -0.3 is 10.0 Å². The topological polar surface area (TPSA) is 53.4 Å². The summed E-state index contributed by atoms with van der Waals surface area (Å²) in [5.74, 6) is -0.936. The first-order valence-corrected chi connectivity index (χ1v) is 7.25. The van der Waals surface area contributed by atoms with Crippen molar-refractivity contribution in [2.24, 2.45) is 0 Å². The number of hydrogen-bond acceptors (Lipinski definition) is 3. The van der Waals surface area contributed by atoms with Gasteiger partial charge in [-0.1, -0.05) is 18.2 Å². The van der Waals surface area contributed by atoms with Crippen molar-refractivity contribution in [3.8, 4) is 0 Å². The quantitative estimate of drug-likeness (QED) is 0.939. The molecule has 1 aromatic heterocycles. The molecule has 2 aromatic rings. The molecule has 0 bridgehead atoms. The minimum absolute atomic E-state index is 0.231. The minimum Gasteiger partial charge on any atom is -0.478 e. The van der Waals surface area contributed by atoms with Crippen LogP contribution in [0, 0.1) is 0 Å². The summed E-state index contributed by atoms with van der Waals surface area (Å²) in [6, 6.07) is 11.9. The molecule has 21 heavy (non-hydrogen) atoms. The van der Waals surface area contributed by atoms with Crippen LogP contribution in [0.3, 0.4) is 0 Å². The van der Waals surface area contributed by atoms with Gasteiger partial charge in [0, 0.05) is 18.4 Å². The molecule has 108 valence electrons. The number of hydrogen-bond donors (Lipinski definition) is 1. The average Bonchev–Trinajstić information content (AvgIpc) is 2.71. The normalized spacial score (nSPS) is 14.4. The van der Waals surface area contributed by atoms with E-state index < -0.39 is 5.97 Å². The van der Waals surface area contributed by atoms with Gasteiger partial charge in [-0.15, -0.1) is 0 Å². The Kier molecular flexibility index (Phi) is 3.86. The van der Waals surface area contributed by atoms with E-state index in [1.165, 1.54) is 30.3 Å². The molecule has 0 fully saturated rings. The molecule has 1 aliphatic rings. The Labute approximate surface area is 124 Å². The van der Waals surface area contributed by atoms with Crippen LogP contribution in [-0.4, -0.2) is 22.6 Å². The number of aryl methyl sites for hydroxylation is 1. The summed E-state index contributed by atoms with van der Waals surface area (Å²) in [7, 11) is 0. The zero-order valence-corrected chi connectivity index (χ0v) is 11.8. The van der Waals surface area contributed by atoms with Gasteiger partial charge in [0.25, 0.3) is 0 Å². The first-order valence-electron chi connectivity index (χ1n) is 7.25. The molecule has 0 aliphatic carbocycles. The van der Waals surface area contributed by atoms with Crippen molar-refractivity contribution in [2.75, 3.05) is 11.4 Å². The molecule has 3 rings (SSSR count). The Hall–Kier alpha value is -2.36. The third-order valence-electron chi connectivity index (χ3n) is 3.88. The van der Waals surface area contributed by atoms with Crippen molar-refractivity contribution in [1.29, 1.82) is 0 Å². The Morgan fingerprint density at radius 2 is 2.05 bits per heavy atom. The Balaban J connectivity index is 1.82. The van der Waals surface area contributed by atoms with Gasteiger partial charge in [0.05, 0.1) is 17.8 Å². The lowest BCUT2D eigenvalue weighted by molar-refractivity contribution is 0.0696. The molecular weight excluding hydrogens is 264 g/mol. The molecule has 1 N–H and O–H groups in total. The maximum absolute atomic E-state index is 10.9. The predicted molar refractivity (Wildman–Crippen MR) is 81.6 cm³/mol. The standard InChI is InChI=1S/C17H18N2O2/c20-17(21)14-8-9-15(18-11-14)12-19-10-4-3-6-13-5-1-2-7-16(13)19/h1-2,5,7-9,11H,3-4,6,10,12H2,(H,20,21). The Morgan fingerprint density at radius 1 is 1.19 bits per heavy atom. The Morgan fingerprint density at radius 3 is 2.81 bits per heavy atom. The summed E-state index contributed by atoms with van der Waals surface area (Å²) in [6.45, 7) is 1.73. The van der Waals surface area contributed by atoms with Gasteiger partial charge in [-0.3, -0.25) is 4.98 Å². The number of carboxylic acid groups (broad SMARTS) is 1. The van der Waals surface area contributed by atoms with Gasteiger partial charge >= 0.3 is 5.97 Å². The molecule has 0 radical (unpaired) electrons. The first kappa shape index (κ1) is 13.6. The first-order chi connectivity index (χ1) is 10.2. The summed E-state index contributed by atoms with van der Waals surface area (Å²) < 4.78 is 0. The molecule has 4 heteroatoms. The van der Waals surface area contributed by atoms with Crippen LogP contribution in [0.2, 0.25) is 0 Å². The van der Waals surface area contributed by atoms with Crippen LogP contribution in [0.5, 0.6) is 0 Å². The van der Waals surface area contributed by atoms with Crippen molar-refractivity contribution in [3.63, 3.8) is 0 Å². The van der Waals surface area contributed by atoms with Crippen molar-refractivity contribution >= 4 is 11.7 Å². The van der Waals surface area contributed by atoms with Crippen molar-refractivity contribution in [2.45, 2.75) is 25.8 Å². The zero-order chi connectivity index (χ0) is 14.7. The van der Waals surface area contributed by atoms with E-state index >= 15 is 0 Å². The highest BCUT2D eigenvalue weighted by Crippen LogP contribution is 2.27. The summed E-state index contributed by atoms with van der Waals surface area (Å²) in [5.41, 5.74) is 3.79. The second-order valence-corrected chi connectivity index (χ2v) is 5.35. The number of aromatic nitrogens is 1. The molecule has 0 saturated heterocycles. The molecule has 0 spiro atoms. The number of carbonyl (C=O) groups is 1. The second kappa shape index (κ2) is 5.95. The average molecular weight is 282 g/mol. The van der Waals surface area contributed by atoms with Gasteiger partial charge in [0.15, 0.2) is 0 Å². The van der Waals surface area contributed by atoms with Crippen LogP contribution >= 0.6 is 0 Å². The van der Waals surface area contributed by atoms with Gasteiger partial charge in [-0.2, -0.15) is 0 Å². The van der Waals surface area contributed by atoms with Crippen LogP contribution in [0.4, 0.5) is 5.69 Å². The SMILES string of the molecule is O=C(O)c1ccc(CN2CCCCc3ccccc32)nc1. The van der Waals surface area contributed by atoms with E-state index in [2.05, 4.69) is 34.1 Å². The number of fused-ring (bicyclic) bond motifs is 1. The van der Waals surface area contributed by atoms with Crippen molar-refractivity contribution in [3.05, 3.63) is 59.4 Å². The maximum Gasteiger partial charge on any atom is 0.337 e. The summed E-state index contributed by atoms with van der Waals surface area (Å²) >= 11 is 0. The molecule has 0 saturated carbocycles. The monoisotopic (exact) mass is 282 g/mol. The number of anilines is 1. The lowest BCUT2D eigenvalue weighted by Crippen LogP contribution is -2.24. The summed E-state index contributed by atoms with van der Waals surface area (Å²) in [6.07, 6.45) is 4.93. The van der Waals surface area contributed by atoms with Crippen LogP contribution in [-0.2, 0) is 13.0 Å². The van der Waals surface area contributed by atoms with E-state index in [-0.39, 0.29) is 5.56 Å². The molecule has 0 atom stereocenters. The number of benzene rings is 1. The molecule has 0 amide bonds. The number of pyridine rings is 1. The second-order valence-electron chi connectivity index (χ2n) is 5.35. The highest BCUT2D eigenvalue weighted by atomic mass is 16.4. The summed E-state index contributed by atoms with van der Waals surface area (Å²) in [5, 5.41) is 8.91. The van der Waals surface area contributed by atoms with E-state index in [0.29, 0.717) is 0 Å². The van der Waals surface area contributed by atoms with E-state index in [0.717, 1.165) is 25.2 Å². The fraction of sp³-hybridized carbons (Fsp3) is 0.294. The summed E-state index contributed by atoms with van der Waals surface area (Å²) in [4.78, 5) is 17.5. The number of para-hydroxylation sites is 1. The third kappa shape index (κ3) is 3.05. The van der Waals surface area contributed by atoms with Crippen LogP contribution < -0.4 is 4.90 Å². The minimum atomic E-state index is -0.936. The van der Waals surface area contributed by atoms with Crippen LogP contribution in [0.15, 0.2) is 42.6 Å². The Bertz CT molecular complexity index is 637. The fourth-order valence-corrected chi connectivity index (χ4v) is 2.77. The predicted octanol–water partition coefficient (Wildman–Crippen LogP) is 3.12. The largest absolute Gasteiger partial charge is 0.478 e. The maximum atomic E-state index is 10.9. The highest BCUT2D eigenvalue weighted by Gasteiger charge is 2.15. The third-order valence-corrected chi connectivity index (χ3v) is 3.88. The van der Waals surface area contributed by atoms with E-state index in [9.17, 15) is 4.79 Å². The van der Waals surface area contributed by atoms with E-state index in [1.54, 1.807) is 12.1 Å². The lowest BCUT2D eigenvalue weighted by Gasteiger charge is -2.24. The smallest absolute Gasteiger partial charge is 0.337 e. The molecular formula is C17H18N2O2. The number of carboxylic acids is 1. The van der Waals surface area contributed by atoms with E-state index in [1.807, 2.05) is 0 Å². The van der Waals surface area contributed by atoms with E-state index in [4.69, 9.17) is 5.11 Å². The zero-order valence-electron chi connectivity index (χ0n) is 11.8. The number of rotatable bonds is 3. The highest BCUT2D eigenvalue weighted by molar-refractivity contribution is 5.87. The van der Waals surface area contributed by atoms with Crippen molar-refractivity contribution in [1.82, 2.24) is 4.98 Å². The van der Waals surface area contributed by atoms with Crippen molar-refractivity contribution < 1.29 is 9.90 Å². The molecule has 4 nitrogen and oxygen atoms in total. The number of nitrogens with zero attached hydrogens (tertiary/aromatic N) is 2. The van der Waals surface area contributed by atoms with Gasteiger partial charge in [-0.25, -0.2) is 4.79 Å². The van der Waals surface area contributed by atoms with Crippen LogP contribution in [0.1, 0.15) is 34.5 Å². The molecule has 2 heterocycles. The van der Waals surface area contributed by atoms with Gasteiger partial charge in [0.2, 0.25) is 0 Å². The fourth-order valence-electron chi connectivity index (χ4n) is 2.77. The lowest BCUT2D eigenvalue weighted by atomic mass is 10.1. The molecule has 0 unspecified atom stereocenters. The van der Waals surface area contributed by atoms with Crippen LogP contribution in [0.25, 0.3) is 0 Å². The number of aromatic carboxylic acids is 1.